The predicted octanol–water partition coefficient (Wildman–Crippen LogP) is 5.16. The van der Waals surface area contributed by atoms with Crippen molar-refractivity contribution in [3.63, 3.8) is 0 Å². The maximum Gasteiger partial charge on any atom is 0.258 e. The van der Waals surface area contributed by atoms with Crippen LogP contribution in [-0.2, 0) is 0 Å². The average Bonchev–Trinajstić information content (AvgIpc) is 3.10. The highest BCUT2D eigenvalue weighted by Gasteiger charge is 2.19. The molecular weight excluding hydrogens is 409 g/mol. The molecule has 4 aromatic rings. The fraction of sp³-hybridized carbons (Fsp3) is 0.0476. The second kappa shape index (κ2) is 7.55. The zero-order valence-electron chi connectivity index (χ0n) is 15.1. The van der Waals surface area contributed by atoms with E-state index in [0.29, 0.717) is 10.8 Å². The van der Waals surface area contributed by atoms with Crippen LogP contribution in [-0.4, -0.2) is 20.7 Å². The minimum Gasteiger partial charge on any atom is -0.305 e. The number of carbonyl (C=O) groups is 1. The molecule has 29 heavy (non-hydrogen) atoms. The van der Waals surface area contributed by atoms with Crippen LogP contribution >= 0.6 is 23.2 Å². The Morgan fingerprint density at radius 1 is 1.17 bits per heavy atom. The van der Waals surface area contributed by atoms with Crippen molar-refractivity contribution in [2.24, 2.45) is 0 Å². The van der Waals surface area contributed by atoms with Crippen molar-refractivity contribution in [2.45, 2.75) is 6.92 Å². The summed E-state index contributed by atoms with van der Waals surface area (Å²) in [5.41, 5.74) is 2.22. The SMILES string of the molecule is Cc1cc(-n2ncc(C#N)c2NC(=O)c2ccc(Cl)cc2Cl)nc2ccccc12. The van der Waals surface area contributed by atoms with Gasteiger partial charge in [0.1, 0.15) is 11.6 Å². The van der Waals surface area contributed by atoms with Crippen LogP contribution in [0.5, 0.6) is 0 Å². The molecule has 1 amide bonds. The summed E-state index contributed by atoms with van der Waals surface area (Å²) in [4.78, 5) is 17.4. The summed E-state index contributed by atoms with van der Waals surface area (Å²) in [6.07, 6.45) is 1.38. The molecule has 2 heterocycles. The Morgan fingerprint density at radius 2 is 1.97 bits per heavy atom. The van der Waals surface area contributed by atoms with Crippen molar-refractivity contribution in [3.8, 4) is 11.9 Å². The summed E-state index contributed by atoms with van der Waals surface area (Å²) in [6, 6.07) is 16.2. The highest BCUT2D eigenvalue weighted by Crippen LogP contribution is 2.26. The van der Waals surface area contributed by atoms with Gasteiger partial charge in [0.25, 0.3) is 5.91 Å². The molecule has 0 spiro atoms. The second-order valence-corrected chi connectivity index (χ2v) is 7.17. The largest absolute Gasteiger partial charge is 0.305 e. The molecular formula is C21H13Cl2N5O. The van der Waals surface area contributed by atoms with Gasteiger partial charge in [-0.15, -0.1) is 0 Å². The van der Waals surface area contributed by atoms with E-state index in [1.807, 2.05) is 43.3 Å². The van der Waals surface area contributed by atoms with Gasteiger partial charge in [-0.05, 0) is 42.8 Å². The number of carbonyl (C=O) groups excluding carboxylic acids is 1. The lowest BCUT2D eigenvalue weighted by Gasteiger charge is -2.12. The number of benzene rings is 2. The van der Waals surface area contributed by atoms with Crippen LogP contribution in [0.25, 0.3) is 16.7 Å². The van der Waals surface area contributed by atoms with Crippen LogP contribution in [0.15, 0.2) is 54.7 Å². The first kappa shape index (κ1) is 18.9. The Balaban J connectivity index is 1.79. The van der Waals surface area contributed by atoms with Gasteiger partial charge < -0.3 is 5.32 Å². The minimum atomic E-state index is -0.484. The number of amides is 1. The Labute approximate surface area is 176 Å². The van der Waals surface area contributed by atoms with Gasteiger partial charge in [0, 0.05) is 10.4 Å². The molecule has 142 valence electrons. The van der Waals surface area contributed by atoms with E-state index in [-0.39, 0.29) is 22.0 Å². The van der Waals surface area contributed by atoms with Crippen molar-refractivity contribution in [2.75, 3.05) is 5.32 Å². The Morgan fingerprint density at radius 3 is 2.72 bits per heavy atom. The number of aromatic nitrogens is 3. The van der Waals surface area contributed by atoms with Crippen molar-refractivity contribution in [1.29, 1.82) is 5.26 Å². The van der Waals surface area contributed by atoms with Crippen molar-refractivity contribution < 1.29 is 4.79 Å². The molecule has 0 aliphatic rings. The lowest BCUT2D eigenvalue weighted by molar-refractivity contribution is 0.102. The van der Waals surface area contributed by atoms with E-state index < -0.39 is 5.91 Å². The summed E-state index contributed by atoms with van der Waals surface area (Å²) in [7, 11) is 0. The van der Waals surface area contributed by atoms with Gasteiger partial charge in [-0.2, -0.15) is 15.0 Å². The van der Waals surface area contributed by atoms with Crippen molar-refractivity contribution in [3.05, 3.63) is 81.5 Å². The van der Waals surface area contributed by atoms with E-state index in [0.717, 1.165) is 16.5 Å². The fourth-order valence-corrected chi connectivity index (χ4v) is 3.51. The van der Waals surface area contributed by atoms with Crippen LogP contribution in [0.3, 0.4) is 0 Å². The summed E-state index contributed by atoms with van der Waals surface area (Å²) in [6.45, 7) is 1.97. The first-order valence-electron chi connectivity index (χ1n) is 8.59. The van der Waals surface area contributed by atoms with Crippen molar-refractivity contribution in [1.82, 2.24) is 14.8 Å². The first-order valence-corrected chi connectivity index (χ1v) is 9.35. The number of halogens is 2. The molecule has 0 saturated heterocycles. The number of fused-ring (bicyclic) bond motifs is 1. The smallest absolute Gasteiger partial charge is 0.258 e. The Bertz CT molecular complexity index is 1310. The van der Waals surface area contributed by atoms with Crippen LogP contribution in [0.4, 0.5) is 5.82 Å². The standard InChI is InChI=1S/C21H13Cl2N5O/c1-12-8-19(26-18-5-3-2-4-15(12)18)28-20(13(10-24)11-25-28)27-21(29)16-7-6-14(22)9-17(16)23/h2-9,11H,1H3,(H,27,29). The number of nitrogens with one attached hydrogen (secondary N) is 1. The van der Waals surface area contributed by atoms with Gasteiger partial charge in [-0.3, -0.25) is 4.79 Å². The highest BCUT2D eigenvalue weighted by atomic mass is 35.5. The molecule has 0 aliphatic heterocycles. The number of nitrogens with zero attached hydrogens (tertiary/aromatic N) is 4. The topological polar surface area (TPSA) is 83.6 Å². The number of nitriles is 1. The van der Waals surface area contributed by atoms with Gasteiger partial charge >= 0.3 is 0 Å². The summed E-state index contributed by atoms with van der Waals surface area (Å²) < 4.78 is 1.43. The minimum absolute atomic E-state index is 0.205. The Hall–Kier alpha value is -3.40. The Kier molecular flexibility index (Phi) is 4.93. The van der Waals surface area contributed by atoms with E-state index in [9.17, 15) is 10.1 Å². The summed E-state index contributed by atoms with van der Waals surface area (Å²) >= 11 is 12.0. The third-order valence-electron chi connectivity index (χ3n) is 4.42. The molecule has 0 bridgehead atoms. The van der Waals surface area contributed by atoms with Gasteiger partial charge in [-0.25, -0.2) is 4.98 Å². The third kappa shape index (κ3) is 3.54. The number of aryl methyl sites for hydroxylation is 1. The molecule has 4 rings (SSSR count). The lowest BCUT2D eigenvalue weighted by atomic mass is 10.1. The van der Waals surface area contributed by atoms with Gasteiger partial charge in [0.2, 0.25) is 0 Å². The van der Waals surface area contributed by atoms with E-state index in [1.54, 1.807) is 6.07 Å². The highest BCUT2D eigenvalue weighted by molar-refractivity contribution is 6.37. The number of para-hydroxylation sites is 1. The number of anilines is 1. The predicted molar refractivity (Wildman–Crippen MR) is 113 cm³/mol. The molecule has 0 radical (unpaired) electrons. The van der Waals surface area contributed by atoms with Crippen LogP contribution in [0, 0.1) is 18.3 Å². The van der Waals surface area contributed by atoms with E-state index >= 15 is 0 Å². The number of pyridine rings is 1. The average molecular weight is 422 g/mol. The van der Waals surface area contributed by atoms with Gasteiger partial charge in [0.15, 0.2) is 11.6 Å². The van der Waals surface area contributed by atoms with Gasteiger partial charge in [-0.1, -0.05) is 41.4 Å². The molecule has 0 aliphatic carbocycles. The molecule has 1 N–H and O–H groups in total. The normalized spacial score (nSPS) is 10.7. The zero-order chi connectivity index (χ0) is 20.5. The maximum atomic E-state index is 12.8. The van der Waals surface area contributed by atoms with Crippen LogP contribution in [0.2, 0.25) is 10.0 Å². The van der Waals surface area contributed by atoms with Crippen molar-refractivity contribution >= 4 is 45.8 Å². The van der Waals surface area contributed by atoms with Crippen LogP contribution < -0.4 is 5.32 Å². The number of hydrogen-bond donors (Lipinski definition) is 1. The van der Waals surface area contributed by atoms with Gasteiger partial charge in [0.05, 0.1) is 22.3 Å². The zero-order valence-corrected chi connectivity index (χ0v) is 16.7. The molecule has 6 nitrogen and oxygen atoms in total. The summed E-state index contributed by atoms with van der Waals surface area (Å²) in [5.74, 6) is 0.216. The second-order valence-electron chi connectivity index (χ2n) is 6.32. The van der Waals surface area contributed by atoms with E-state index in [2.05, 4.69) is 15.4 Å². The lowest BCUT2D eigenvalue weighted by Crippen LogP contribution is -2.17. The molecule has 0 fully saturated rings. The maximum absolute atomic E-state index is 12.8. The molecule has 0 saturated carbocycles. The molecule has 2 aromatic heterocycles. The summed E-state index contributed by atoms with van der Waals surface area (Å²) in [5, 5.41) is 18.1. The first-order chi connectivity index (χ1) is 14.0. The molecule has 0 atom stereocenters. The number of rotatable bonds is 3. The third-order valence-corrected chi connectivity index (χ3v) is 4.97. The van der Waals surface area contributed by atoms with E-state index in [1.165, 1.54) is 23.0 Å². The fourth-order valence-electron chi connectivity index (χ4n) is 3.01. The number of hydrogen-bond acceptors (Lipinski definition) is 4. The monoisotopic (exact) mass is 421 g/mol. The van der Waals surface area contributed by atoms with Crippen LogP contribution in [0.1, 0.15) is 21.5 Å². The molecule has 8 heteroatoms. The quantitative estimate of drug-likeness (QED) is 0.494. The van der Waals surface area contributed by atoms with E-state index in [4.69, 9.17) is 23.2 Å². The molecule has 0 unspecified atom stereocenters. The molecule has 2 aromatic carbocycles.